The minimum Gasteiger partial charge on any atom is -0.354 e. The van der Waals surface area contributed by atoms with Crippen molar-refractivity contribution >= 4 is 55.7 Å². The fraction of sp³-hybridized carbons (Fsp3) is 0.0769. The van der Waals surface area contributed by atoms with Gasteiger partial charge in [0.15, 0.2) is 5.82 Å². The van der Waals surface area contributed by atoms with Gasteiger partial charge in [-0.05, 0) is 67.0 Å². The summed E-state index contributed by atoms with van der Waals surface area (Å²) in [4.78, 5) is 16.5. The number of rotatable bonds is 6. The van der Waals surface area contributed by atoms with E-state index in [0.717, 1.165) is 62.7 Å². The minimum atomic E-state index is -0.199. The van der Waals surface area contributed by atoms with Gasteiger partial charge in [-0.1, -0.05) is 140 Å². The zero-order valence-corrected chi connectivity index (χ0v) is 31.8. The smallest absolute Gasteiger partial charge is 0.162 e. The molecule has 3 aromatic heterocycles. The molecular weight excluding hydrogens is 695 g/mol. The van der Waals surface area contributed by atoms with Gasteiger partial charge >= 0.3 is 0 Å². The molecule has 2 aliphatic rings. The predicted molar refractivity (Wildman–Crippen MR) is 236 cm³/mol. The van der Waals surface area contributed by atoms with E-state index in [9.17, 15) is 0 Å². The topological polar surface area (TPSA) is 49.7 Å². The molecule has 0 saturated heterocycles. The highest BCUT2D eigenvalue weighted by Crippen LogP contribution is 2.47. The van der Waals surface area contributed by atoms with Gasteiger partial charge in [-0.25, -0.2) is 9.97 Å². The Bertz CT molecular complexity index is 3170. The van der Waals surface area contributed by atoms with Gasteiger partial charge in [0.2, 0.25) is 0 Å². The molecule has 2 aliphatic carbocycles. The molecular formula is C52H39N5. The molecule has 1 unspecified atom stereocenters. The lowest BCUT2D eigenvalue weighted by molar-refractivity contribution is 0.581. The molecule has 0 fully saturated rings. The van der Waals surface area contributed by atoms with Gasteiger partial charge in [-0.2, -0.15) is 0 Å². The lowest BCUT2D eigenvalue weighted by atomic mass is 9.69. The van der Waals surface area contributed by atoms with E-state index in [2.05, 4.69) is 186 Å². The SMILES string of the molecule is CC1=C(N(c2ccccc2)c2ccc3c(c2)[nH]c2ccccc23)C=CC2(C)CC=c3c(c4ccccc4n3-c3cc(-c4ccccc4)nc(-c4ccccc4)n3)=C12. The summed E-state index contributed by atoms with van der Waals surface area (Å²) in [7, 11) is 0. The lowest BCUT2D eigenvalue weighted by Gasteiger charge is -2.38. The molecule has 9 aromatic rings. The third-order valence-corrected chi connectivity index (χ3v) is 11.9. The van der Waals surface area contributed by atoms with E-state index in [-0.39, 0.29) is 5.41 Å². The van der Waals surface area contributed by atoms with Crippen LogP contribution in [0.3, 0.4) is 0 Å². The second-order valence-electron chi connectivity index (χ2n) is 15.4. The predicted octanol–water partition coefficient (Wildman–Crippen LogP) is 11.4. The highest BCUT2D eigenvalue weighted by atomic mass is 15.2. The first-order chi connectivity index (χ1) is 28.0. The van der Waals surface area contributed by atoms with E-state index in [4.69, 9.17) is 9.97 Å². The van der Waals surface area contributed by atoms with Crippen molar-refractivity contribution < 1.29 is 0 Å². The highest BCUT2D eigenvalue weighted by molar-refractivity contribution is 6.08. The zero-order valence-electron chi connectivity index (χ0n) is 31.8. The van der Waals surface area contributed by atoms with Crippen LogP contribution in [0.4, 0.5) is 11.4 Å². The molecule has 0 aliphatic heterocycles. The molecule has 5 nitrogen and oxygen atoms in total. The normalized spacial score (nSPS) is 16.2. The van der Waals surface area contributed by atoms with Crippen LogP contribution in [0.2, 0.25) is 0 Å². The Hall–Kier alpha value is -7.24. The van der Waals surface area contributed by atoms with Crippen molar-refractivity contribution in [2.24, 2.45) is 5.41 Å². The molecule has 6 aromatic carbocycles. The van der Waals surface area contributed by atoms with E-state index in [0.29, 0.717) is 5.82 Å². The molecule has 5 heteroatoms. The minimum absolute atomic E-state index is 0.199. The number of fused-ring (bicyclic) bond motifs is 7. The first-order valence-electron chi connectivity index (χ1n) is 19.6. The standard InChI is InChI=1S/C52H39N5/c1-34-45(56(37-20-10-5-11-21-37)38-26-27-40-39-22-12-14-24-42(39)53-44(40)32-38)28-30-52(2)31-29-47-49(50(34)52)41-23-13-15-25-46(41)57(47)48-33-43(35-16-6-3-7-17-35)54-51(55-48)36-18-8-4-9-19-36/h3-30,32-33,53H,31H2,1-2H3. The van der Waals surface area contributed by atoms with Crippen LogP contribution < -0.4 is 15.5 Å². The average Bonchev–Trinajstić information content (AvgIpc) is 3.81. The van der Waals surface area contributed by atoms with Gasteiger partial charge in [-0.15, -0.1) is 0 Å². The average molecular weight is 734 g/mol. The van der Waals surface area contributed by atoms with Crippen molar-refractivity contribution in [1.29, 1.82) is 0 Å². The van der Waals surface area contributed by atoms with E-state index in [1.807, 2.05) is 24.3 Å². The number of benzene rings is 6. The molecule has 0 spiro atoms. The van der Waals surface area contributed by atoms with Gasteiger partial charge in [0.25, 0.3) is 0 Å². The van der Waals surface area contributed by atoms with Crippen LogP contribution in [-0.2, 0) is 0 Å². The molecule has 11 rings (SSSR count). The second-order valence-corrected chi connectivity index (χ2v) is 15.4. The van der Waals surface area contributed by atoms with Crippen molar-refractivity contribution in [3.8, 4) is 28.5 Å². The summed E-state index contributed by atoms with van der Waals surface area (Å²) >= 11 is 0. The first-order valence-corrected chi connectivity index (χ1v) is 19.6. The number of aromatic amines is 1. The van der Waals surface area contributed by atoms with Crippen molar-refractivity contribution in [2.45, 2.75) is 20.3 Å². The summed E-state index contributed by atoms with van der Waals surface area (Å²) in [5.74, 6) is 1.56. The fourth-order valence-electron chi connectivity index (χ4n) is 9.19. The van der Waals surface area contributed by atoms with E-state index < -0.39 is 0 Å². The third-order valence-electron chi connectivity index (χ3n) is 11.9. The number of nitrogens with one attached hydrogen (secondary N) is 1. The van der Waals surface area contributed by atoms with E-state index in [1.165, 1.54) is 37.9 Å². The van der Waals surface area contributed by atoms with E-state index in [1.54, 1.807) is 0 Å². The molecule has 0 bridgehead atoms. The summed E-state index contributed by atoms with van der Waals surface area (Å²) in [5.41, 5.74) is 12.1. The van der Waals surface area contributed by atoms with Gasteiger partial charge in [0.1, 0.15) is 5.82 Å². The zero-order chi connectivity index (χ0) is 38.1. The quantitative estimate of drug-likeness (QED) is 0.185. The maximum atomic E-state index is 5.32. The summed E-state index contributed by atoms with van der Waals surface area (Å²) < 4.78 is 2.36. The van der Waals surface area contributed by atoms with Gasteiger partial charge in [-0.3, -0.25) is 4.57 Å². The molecule has 3 heterocycles. The summed E-state index contributed by atoms with van der Waals surface area (Å²) in [6, 6.07) is 57.8. The van der Waals surface area contributed by atoms with Crippen LogP contribution >= 0.6 is 0 Å². The number of hydrogen-bond donors (Lipinski definition) is 1. The van der Waals surface area contributed by atoms with Crippen LogP contribution in [0, 0.1) is 5.41 Å². The van der Waals surface area contributed by atoms with E-state index >= 15 is 0 Å². The Morgan fingerprint density at radius 3 is 2.09 bits per heavy atom. The van der Waals surface area contributed by atoms with Crippen molar-refractivity contribution in [2.75, 3.05) is 4.90 Å². The summed E-state index contributed by atoms with van der Waals surface area (Å²) in [6.07, 6.45) is 8.06. The Balaban J connectivity index is 1.18. The first kappa shape index (κ1) is 33.1. The van der Waals surface area contributed by atoms with Gasteiger partial charge < -0.3 is 9.88 Å². The number of anilines is 2. The molecule has 0 amide bonds. The summed E-state index contributed by atoms with van der Waals surface area (Å²) in [5, 5.41) is 6.11. The maximum Gasteiger partial charge on any atom is 0.162 e. The third kappa shape index (κ3) is 5.31. The van der Waals surface area contributed by atoms with Crippen LogP contribution in [-0.4, -0.2) is 19.5 Å². The number of allylic oxidation sites excluding steroid dienone is 3. The Labute approximate surface area is 330 Å². The molecule has 1 N–H and O–H groups in total. The molecule has 0 saturated carbocycles. The summed E-state index contributed by atoms with van der Waals surface area (Å²) in [6.45, 7) is 4.70. The number of para-hydroxylation sites is 3. The number of H-pyrrole nitrogens is 1. The number of nitrogens with zero attached hydrogens (tertiary/aromatic N) is 4. The monoisotopic (exact) mass is 733 g/mol. The fourth-order valence-corrected chi connectivity index (χ4v) is 9.19. The van der Waals surface area contributed by atoms with Crippen LogP contribution in [0.1, 0.15) is 20.3 Å². The van der Waals surface area contributed by atoms with Crippen LogP contribution in [0.5, 0.6) is 0 Å². The molecule has 57 heavy (non-hydrogen) atoms. The van der Waals surface area contributed by atoms with Crippen molar-refractivity contribution in [3.05, 3.63) is 198 Å². The molecule has 1 atom stereocenters. The van der Waals surface area contributed by atoms with Gasteiger partial charge in [0.05, 0.1) is 16.6 Å². The van der Waals surface area contributed by atoms with Gasteiger partial charge in [0, 0.05) is 72.1 Å². The van der Waals surface area contributed by atoms with Crippen LogP contribution in [0.15, 0.2) is 187 Å². The number of aromatic nitrogens is 4. The largest absolute Gasteiger partial charge is 0.354 e. The Morgan fingerprint density at radius 2 is 1.30 bits per heavy atom. The lowest BCUT2D eigenvalue weighted by Crippen LogP contribution is -2.40. The number of hydrogen-bond acceptors (Lipinski definition) is 3. The van der Waals surface area contributed by atoms with Crippen molar-refractivity contribution in [3.63, 3.8) is 0 Å². The second kappa shape index (κ2) is 12.9. The molecule has 0 radical (unpaired) electrons. The van der Waals surface area contributed by atoms with Crippen LogP contribution in [0.25, 0.3) is 72.8 Å². The Morgan fingerprint density at radius 1 is 0.632 bits per heavy atom. The molecule has 272 valence electrons. The highest BCUT2D eigenvalue weighted by Gasteiger charge is 2.36. The Kier molecular flexibility index (Phi) is 7.51. The van der Waals surface area contributed by atoms with Crippen molar-refractivity contribution in [1.82, 2.24) is 19.5 Å². The maximum absolute atomic E-state index is 5.32.